The van der Waals surface area contributed by atoms with E-state index in [1.54, 1.807) is 41.1 Å². The number of esters is 1. The van der Waals surface area contributed by atoms with E-state index in [2.05, 4.69) is 9.72 Å². The van der Waals surface area contributed by atoms with Gasteiger partial charge in [-0.1, -0.05) is 0 Å². The van der Waals surface area contributed by atoms with Crippen LogP contribution in [0.5, 0.6) is 0 Å². The minimum Gasteiger partial charge on any atom is -0.465 e. The highest BCUT2D eigenvalue weighted by Crippen LogP contribution is 2.24. The molecule has 3 aromatic rings. The van der Waals surface area contributed by atoms with Crippen molar-refractivity contribution in [1.29, 1.82) is 0 Å². The molecule has 0 aliphatic rings. The quantitative estimate of drug-likeness (QED) is 0.675. The smallest absolute Gasteiger partial charge is 0.339 e. The molecule has 0 radical (unpaired) electrons. The Balaban J connectivity index is 2.08. The minimum atomic E-state index is -0.391. The Kier molecular flexibility index (Phi) is 2.76. The molecule has 0 N–H and O–H groups in total. The van der Waals surface area contributed by atoms with Gasteiger partial charge in [0, 0.05) is 12.4 Å². The average molecular weight is 277 g/mol. The standard InChI is InChI=1S/C13H9ClN2O3/c1-18-13(17)8-2-5-12-15-9(7-16(12)6-8)10-3-4-11(14)19-10/h2-7H,1H3. The predicted octanol–water partition coefficient (Wildman–Crippen LogP) is 3.03. The third-order valence-corrected chi connectivity index (χ3v) is 2.90. The van der Waals surface area contributed by atoms with Gasteiger partial charge in [-0.25, -0.2) is 9.78 Å². The number of carbonyl (C=O) groups is 1. The van der Waals surface area contributed by atoms with E-state index in [4.69, 9.17) is 16.0 Å². The Morgan fingerprint density at radius 3 is 2.84 bits per heavy atom. The number of pyridine rings is 1. The zero-order valence-electron chi connectivity index (χ0n) is 9.96. The van der Waals surface area contributed by atoms with Crippen LogP contribution in [0.4, 0.5) is 0 Å². The number of methoxy groups -OCH3 is 1. The average Bonchev–Trinajstić information content (AvgIpc) is 3.02. The normalized spacial score (nSPS) is 10.8. The summed E-state index contributed by atoms with van der Waals surface area (Å²) in [6.45, 7) is 0. The van der Waals surface area contributed by atoms with E-state index < -0.39 is 5.97 Å². The first-order valence-corrected chi connectivity index (χ1v) is 5.88. The molecule has 0 fully saturated rings. The number of aromatic nitrogens is 2. The van der Waals surface area contributed by atoms with Crippen LogP contribution in [0.15, 0.2) is 41.1 Å². The fourth-order valence-corrected chi connectivity index (χ4v) is 1.95. The summed E-state index contributed by atoms with van der Waals surface area (Å²) in [5.41, 5.74) is 1.81. The van der Waals surface area contributed by atoms with Gasteiger partial charge in [0.05, 0.1) is 12.7 Å². The Morgan fingerprint density at radius 1 is 1.32 bits per heavy atom. The van der Waals surface area contributed by atoms with Gasteiger partial charge in [-0.3, -0.25) is 0 Å². The fourth-order valence-electron chi connectivity index (χ4n) is 1.80. The number of nitrogens with zero attached hydrogens (tertiary/aromatic N) is 2. The Hall–Kier alpha value is -2.27. The van der Waals surface area contributed by atoms with Crippen molar-refractivity contribution in [3.05, 3.63) is 47.4 Å². The highest BCUT2D eigenvalue weighted by Gasteiger charge is 2.11. The molecule has 0 bridgehead atoms. The van der Waals surface area contributed by atoms with Crippen molar-refractivity contribution < 1.29 is 13.9 Å². The molecule has 0 aliphatic carbocycles. The van der Waals surface area contributed by atoms with Gasteiger partial charge in [-0.05, 0) is 35.9 Å². The molecule has 0 spiro atoms. The maximum Gasteiger partial charge on any atom is 0.339 e. The lowest BCUT2D eigenvalue weighted by Gasteiger charge is -1.99. The van der Waals surface area contributed by atoms with Crippen molar-refractivity contribution in [1.82, 2.24) is 9.38 Å². The largest absolute Gasteiger partial charge is 0.465 e. The summed E-state index contributed by atoms with van der Waals surface area (Å²) in [7, 11) is 1.34. The molecule has 0 amide bonds. The Morgan fingerprint density at radius 2 is 2.16 bits per heavy atom. The molecule has 5 nitrogen and oxygen atoms in total. The monoisotopic (exact) mass is 276 g/mol. The SMILES string of the molecule is COC(=O)c1ccc2nc(-c3ccc(Cl)o3)cn2c1. The van der Waals surface area contributed by atoms with E-state index in [1.807, 2.05) is 0 Å². The van der Waals surface area contributed by atoms with Crippen LogP contribution in [0.25, 0.3) is 17.1 Å². The number of furan rings is 1. The molecule has 3 rings (SSSR count). The molecule has 3 heterocycles. The van der Waals surface area contributed by atoms with Gasteiger partial charge in [0.25, 0.3) is 0 Å². The van der Waals surface area contributed by atoms with Crippen LogP contribution < -0.4 is 0 Å². The van der Waals surface area contributed by atoms with Crippen molar-refractivity contribution >= 4 is 23.2 Å². The van der Waals surface area contributed by atoms with Gasteiger partial charge in [-0.2, -0.15) is 0 Å². The lowest BCUT2D eigenvalue weighted by Crippen LogP contribution is -2.02. The second-order valence-corrected chi connectivity index (χ2v) is 4.28. The summed E-state index contributed by atoms with van der Waals surface area (Å²) in [6, 6.07) is 6.79. The number of ether oxygens (including phenoxy) is 1. The highest BCUT2D eigenvalue weighted by atomic mass is 35.5. The first kappa shape index (κ1) is 11.8. The van der Waals surface area contributed by atoms with Crippen LogP contribution in [0.1, 0.15) is 10.4 Å². The van der Waals surface area contributed by atoms with Crippen molar-refractivity contribution in [2.24, 2.45) is 0 Å². The number of carbonyl (C=O) groups excluding carboxylic acids is 1. The molecule has 0 saturated carbocycles. The Labute approximate surface area is 113 Å². The van der Waals surface area contributed by atoms with E-state index >= 15 is 0 Å². The van der Waals surface area contributed by atoms with E-state index in [9.17, 15) is 4.79 Å². The summed E-state index contributed by atoms with van der Waals surface area (Å²) in [4.78, 5) is 15.8. The number of fused-ring (bicyclic) bond motifs is 1. The maximum atomic E-state index is 11.4. The molecule has 6 heteroatoms. The third-order valence-electron chi connectivity index (χ3n) is 2.70. The van der Waals surface area contributed by atoms with Crippen LogP contribution in [-0.4, -0.2) is 22.5 Å². The second kappa shape index (κ2) is 4.44. The van der Waals surface area contributed by atoms with E-state index in [1.165, 1.54) is 7.11 Å². The van der Waals surface area contributed by atoms with Crippen molar-refractivity contribution in [2.45, 2.75) is 0 Å². The molecule has 0 saturated heterocycles. The number of rotatable bonds is 2. The number of hydrogen-bond donors (Lipinski definition) is 0. The Bertz CT molecular complexity index is 760. The number of halogens is 1. The van der Waals surface area contributed by atoms with E-state index in [-0.39, 0.29) is 0 Å². The van der Waals surface area contributed by atoms with Gasteiger partial charge in [-0.15, -0.1) is 0 Å². The fraction of sp³-hybridized carbons (Fsp3) is 0.0769. The zero-order chi connectivity index (χ0) is 13.4. The van der Waals surface area contributed by atoms with Crippen LogP contribution >= 0.6 is 11.6 Å². The highest BCUT2D eigenvalue weighted by molar-refractivity contribution is 6.28. The molecule has 0 aliphatic heterocycles. The zero-order valence-corrected chi connectivity index (χ0v) is 10.7. The number of hydrogen-bond acceptors (Lipinski definition) is 4. The van der Waals surface area contributed by atoms with Crippen LogP contribution in [0, 0.1) is 0 Å². The summed E-state index contributed by atoms with van der Waals surface area (Å²) in [6.07, 6.45) is 3.42. The van der Waals surface area contributed by atoms with Crippen LogP contribution in [-0.2, 0) is 4.74 Å². The molecular formula is C13H9ClN2O3. The molecule has 3 aromatic heterocycles. The van der Waals surface area contributed by atoms with E-state index in [0.29, 0.717) is 27.9 Å². The molecule has 0 aromatic carbocycles. The van der Waals surface area contributed by atoms with E-state index in [0.717, 1.165) is 0 Å². The first-order chi connectivity index (χ1) is 9.17. The number of imidazole rings is 1. The van der Waals surface area contributed by atoms with Gasteiger partial charge < -0.3 is 13.6 Å². The summed E-state index contributed by atoms with van der Waals surface area (Å²) in [5, 5.41) is 0.308. The van der Waals surface area contributed by atoms with Crippen LogP contribution in [0.2, 0.25) is 5.22 Å². The molecule has 96 valence electrons. The summed E-state index contributed by atoms with van der Waals surface area (Å²) < 4.78 is 11.7. The molecule has 19 heavy (non-hydrogen) atoms. The molecular weight excluding hydrogens is 268 g/mol. The first-order valence-electron chi connectivity index (χ1n) is 5.50. The van der Waals surface area contributed by atoms with Gasteiger partial charge in [0.1, 0.15) is 11.3 Å². The predicted molar refractivity (Wildman–Crippen MR) is 69.2 cm³/mol. The van der Waals surface area contributed by atoms with Gasteiger partial charge in [0.2, 0.25) is 0 Å². The lowest BCUT2D eigenvalue weighted by atomic mass is 10.3. The molecule has 0 unspecified atom stereocenters. The lowest BCUT2D eigenvalue weighted by molar-refractivity contribution is 0.0600. The topological polar surface area (TPSA) is 56.7 Å². The second-order valence-electron chi connectivity index (χ2n) is 3.90. The summed E-state index contributed by atoms with van der Waals surface area (Å²) >= 11 is 5.73. The van der Waals surface area contributed by atoms with Crippen LogP contribution in [0.3, 0.4) is 0 Å². The molecule has 0 atom stereocenters. The van der Waals surface area contributed by atoms with Gasteiger partial charge in [0.15, 0.2) is 11.0 Å². The minimum absolute atomic E-state index is 0.308. The van der Waals surface area contributed by atoms with Gasteiger partial charge >= 0.3 is 5.97 Å². The van der Waals surface area contributed by atoms with Crippen molar-refractivity contribution in [3.63, 3.8) is 0 Å². The maximum absolute atomic E-state index is 11.4. The van der Waals surface area contributed by atoms with Crippen molar-refractivity contribution in [3.8, 4) is 11.5 Å². The van der Waals surface area contributed by atoms with Crippen molar-refractivity contribution in [2.75, 3.05) is 7.11 Å². The third kappa shape index (κ3) is 2.08. The summed E-state index contributed by atoms with van der Waals surface area (Å²) in [5.74, 6) is 0.187.